The van der Waals surface area contributed by atoms with Gasteiger partial charge in [0.15, 0.2) is 11.6 Å². The first-order valence-electron chi connectivity index (χ1n) is 5.98. The third-order valence-electron chi connectivity index (χ3n) is 3.05. The van der Waals surface area contributed by atoms with Crippen molar-refractivity contribution in [3.63, 3.8) is 0 Å². The lowest BCUT2D eigenvalue weighted by Crippen LogP contribution is -2.18. The molecule has 0 atom stereocenters. The second-order valence-corrected chi connectivity index (χ2v) is 4.36. The van der Waals surface area contributed by atoms with Gasteiger partial charge in [0.05, 0.1) is 16.6 Å². The summed E-state index contributed by atoms with van der Waals surface area (Å²) in [6.45, 7) is 0. The minimum Gasteiger partial charge on any atom is -0.338 e. The number of nitrogens with one attached hydrogen (secondary N) is 2. The Morgan fingerprint density at radius 2 is 2.05 bits per heavy atom. The van der Waals surface area contributed by atoms with Crippen LogP contribution in [0, 0.1) is 11.6 Å². The molecule has 21 heavy (non-hydrogen) atoms. The number of fused-ring (bicyclic) bond motifs is 1. The number of carbonyl (C=O) groups excluding carboxylic acids is 1. The molecule has 3 aromatic rings. The van der Waals surface area contributed by atoms with Crippen LogP contribution in [-0.2, 0) is 0 Å². The molecular formula is C14H9F2N3O2. The lowest BCUT2D eigenvalue weighted by molar-refractivity contribution is 0.0706. The normalized spacial score (nSPS) is 10.8. The molecule has 0 unspecified atom stereocenters. The average molecular weight is 289 g/mol. The van der Waals surface area contributed by atoms with E-state index in [0.29, 0.717) is 11.0 Å². The number of rotatable bonds is 2. The van der Waals surface area contributed by atoms with Gasteiger partial charge in [-0.15, -0.1) is 0 Å². The molecule has 0 fully saturated rings. The Bertz CT molecular complexity index is 845. The van der Waals surface area contributed by atoms with Crippen LogP contribution in [0.25, 0.3) is 22.4 Å². The quantitative estimate of drug-likeness (QED) is 0.501. The van der Waals surface area contributed by atoms with Crippen molar-refractivity contribution in [3.8, 4) is 11.4 Å². The van der Waals surface area contributed by atoms with E-state index in [4.69, 9.17) is 5.21 Å². The Hall–Kier alpha value is -2.80. The van der Waals surface area contributed by atoms with E-state index in [1.54, 1.807) is 0 Å². The number of nitrogens with zero attached hydrogens (tertiary/aromatic N) is 1. The summed E-state index contributed by atoms with van der Waals surface area (Å²) >= 11 is 0. The first kappa shape index (κ1) is 13.2. The lowest BCUT2D eigenvalue weighted by atomic mass is 10.2. The number of amides is 1. The summed E-state index contributed by atoms with van der Waals surface area (Å²) in [6, 6.07) is 8.25. The van der Waals surface area contributed by atoms with Crippen molar-refractivity contribution in [2.45, 2.75) is 0 Å². The summed E-state index contributed by atoms with van der Waals surface area (Å²) in [4.78, 5) is 18.3. The van der Waals surface area contributed by atoms with Crippen LogP contribution >= 0.6 is 0 Å². The number of H-pyrrole nitrogens is 1. The highest BCUT2D eigenvalue weighted by molar-refractivity contribution is 5.97. The molecule has 0 spiro atoms. The highest BCUT2D eigenvalue weighted by Crippen LogP contribution is 2.24. The van der Waals surface area contributed by atoms with E-state index in [0.717, 1.165) is 6.07 Å². The zero-order chi connectivity index (χ0) is 15.0. The van der Waals surface area contributed by atoms with Gasteiger partial charge in [-0.3, -0.25) is 10.0 Å². The molecule has 0 aliphatic rings. The van der Waals surface area contributed by atoms with Gasteiger partial charge in [0, 0.05) is 5.56 Å². The second-order valence-electron chi connectivity index (χ2n) is 4.36. The molecule has 1 heterocycles. The molecule has 1 aromatic heterocycles. The van der Waals surface area contributed by atoms with E-state index < -0.39 is 17.5 Å². The van der Waals surface area contributed by atoms with Crippen molar-refractivity contribution in [2.24, 2.45) is 0 Å². The van der Waals surface area contributed by atoms with Crippen molar-refractivity contribution in [2.75, 3.05) is 0 Å². The van der Waals surface area contributed by atoms with Gasteiger partial charge in [-0.05, 0) is 30.3 Å². The molecule has 0 saturated heterocycles. The molecule has 0 aliphatic heterocycles. The van der Waals surface area contributed by atoms with Crippen molar-refractivity contribution in [1.29, 1.82) is 0 Å². The molecule has 3 rings (SSSR count). The minimum absolute atomic E-state index is 0.000593. The highest BCUT2D eigenvalue weighted by atomic mass is 19.2. The summed E-state index contributed by atoms with van der Waals surface area (Å²) in [5, 5.41) is 8.59. The lowest BCUT2D eigenvalue weighted by Gasteiger charge is -1.99. The maximum Gasteiger partial charge on any atom is 0.274 e. The predicted molar refractivity (Wildman–Crippen MR) is 70.7 cm³/mol. The fraction of sp³-hybridized carbons (Fsp3) is 0. The maximum absolute atomic E-state index is 13.7. The number of hydroxylamine groups is 1. The van der Waals surface area contributed by atoms with Crippen LogP contribution in [0.1, 0.15) is 10.4 Å². The molecule has 7 heteroatoms. The molecule has 5 nitrogen and oxygen atoms in total. The van der Waals surface area contributed by atoms with Gasteiger partial charge in [0.25, 0.3) is 5.91 Å². The summed E-state index contributed by atoms with van der Waals surface area (Å²) in [7, 11) is 0. The number of hydrogen-bond donors (Lipinski definition) is 3. The Balaban J connectivity index is 2.13. The van der Waals surface area contributed by atoms with Crippen LogP contribution in [0.5, 0.6) is 0 Å². The van der Waals surface area contributed by atoms with E-state index in [2.05, 4.69) is 9.97 Å². The molecule has 0 bridgehead atoms. The van der Waals surface area contributed by atoms with Crippen LogP contribution in [-0.4, -0.2) is 21.1 Å². The number of carbonyl (C=O) groups is 1. The van der Waals surface area contributed by atoms with E-state index in [1.165, 1.54) is 35.8 Å². The Morgan fingerprint density at radius 1 is 1.24 bits per heavy atom. The van der Waals surface area contributed by atoms with Gasteiger partial charge < -0.3 is 4.98 Å². The smallest absolute Gasteiger partial charge is 0.274 e. The Labute approximate surface area is 117 Å². The van der Waals surface area contributed by atoms with Crippen LogP contribution in [0.4, 0.5) is 8.78 Å². The highest BCUT2D eigenvalue weighted by Gasteiger charge is 2.14. The van der Waals surface area contributed by atoms with E-state index in [1.807, 2.05) is 0 Å². The summed E-state index contributed by atoms with van der Waals surface area (Å²) < 4.78 is 27.0. The Kier molecular flexibility index (Phi) is 3.11. The summed E-state index contributed by atoms with van der Waals surface area (Å²) in [5.74, 6) is -2.48. The number of benzene rings is 2. The fourth-order valence-corrected chi connectivity index (χ4v) is 2.03. The number of hydrogen-bond acceptors (Lipinski definition) is 3. The van der Waals surface area contributed by atoms with Crippen molar-refractivity contribution < 1.29 is 18.8 Å². The number of aromatic nitrogens is 2. The van der Waals surface area contributed by atoms with Gasteiger partial charge in [-0.2, -0.15) is 0 Å². The molecule has 0 radical (unpaired) electrons. The number of halogens is 2. The molecule has 0 saturated carbocycles. The standard InChI is InChI=1S/C14H9F2N3O2/c15-9-3-1-2-8(12(9)16)13-17-10-5-4-7(14(20)19-21)6-11(10)18-13/h1-6,21H,(H,17,18)(H,19,20). The van der Waals surface area contributed by atoms with E-state index in [-0.39, 0.29) is 17.0 Å². The zero-order valence-corrected chi connectivity index (χ0v) is 10.5. The topological polar surface area (TPSA) is 78.0 Å². The predicted octanol–water partition coefficient (Wildman–Crippen LogP) is 2.63. The molecule has 0 aliphatic carbocycles. The zero-order valence-electron chi connectivity index (χ0n) is 10.5. The first-order chi connectivity index (χ1) is 10.1. The monoisotopic (exact) mass is 289 g/mol. The fourth-order valence-electron chi connectivity index (χ4n) is 2.03. The van der Waals surface area contributed by atoms with Gasteiger partial charge in [-0.25, -0.2) is 19.2 Å². The van der Waals surface area contributed by atoms with Gasteiger partial charge in [0.1, 0.15) is 5.82 Å². The summed E-state index contributed by atoms with van der Waals surface area (Å²) in [5.41, 5.74) is 2.68. The van der Waals surface area contributed by atoms with Crippen LogP contribution in [0.15, 0.2) is 36.4 Å². The van der Waals surface area contributed by atoms with Crippen LogP contribution in [0.3, 0.4) is 0 Å². The van der Waals surface area contributed by atoms with Gasteiger partial charge >= 0.3 is 0 Å². The number of aromatic amines is 1. The van der Waals surface area contributed by atoms with Gasteiger partial charge in [-0.1, -0.05) is 6.07 Å². The molecule has 2 aromatic carbocycles. The molecular weight excluding hydrogens is 280 g/mol. The molecule has 1 amide bonds. The van der Waals surface area contributed by atoms with Crippen molar-refractivity contribution in [1.82, 2.24) is 15.4 Å². The van der Waals surface area contributed by atoms with Crippen LogP contribution in [0.2, 0.25) is 0 Å². The molecule has 3 N–H and O–H groups in total. The van der Waals surface area contributed by atoms with Crippen molar-refractivity contribution >= 4 is 16.9 Å². The second kappa shape index (κ2) is 4.95. The van der Waals surface area contributed by atoms with Gasteiger partial charge in [0.2, 0.25) is 0 Å². The van der Waals surface area contributed by atoms with Crippen molar-refractivity contribution in [3.05, 3.63) is 53.6 Å². The third-order valence-corrected chi connectivity index (χ3v) is 3.05. The first-order valence-corrected chi connectivity index (χ1v) is 5.98. The average Bonchev–Trinajstić information content (AvgIpc) is 2.91. The van der Waals surface area contributed by atoms with E-state index >= 15 is 0 Å². The van der Waals surface area contributed by atoms with Crippen LogP contribution < -0.4 is 5.48 Å². The maximum atomic E-state index is 13.7. The Morgan fingerprint density at radius 3 is 2.81 bits per heavy atom. The third kappa shape index (κ3) is 2.23. The molecule has 106 valence electrons. The van der Waals surface area contributed by atoms with E-state index in [9.17, 15) is 13.6 Å². The minimum atomic E-state index is -0.995. The number of imidazole rings is 1. The largest absolute Gasteiger partial charge is 0.338 e. The SMILES string of the molecule is O=C(NO)c1ccc2nc(-c3cccc(F)c3F)[nH]c2c1. The summed E-state index contributed by atoms with van der Waals surface area (Å²) in [6.07, 6.45) is 0.